The summed E-state index contributed by atoms with van der Waals surface area (Å²) >= 11 is 1.59. The molecule has 0 atom stereocenters. The van der Waals surface area contributed by atoms with Gasteiger partial charge in [-0.15, -0.1) is 11.3 Å². The first-order valence-electron chi connectivity index (χ1n) is 9.05. The number of thiophene rings is 1. The summed E-state index contributed by atoms with van der Waals surface area (Å²) < 4.78 is 27.0. The van der Waals surface area contributed by atoms with Crippen LogP contribution in [0.4, 0.5) is 8.78 Å². The Hall–Kier alpha value is -1.79. The van der Waals surface area contributed by atoms with Gasteiger partial charge in [0.25, 0.3) is 0 Å². The third-order valence-corrected chi connectivity index (χ3v) is 5.76. The second-order valence-corrected chi connectivity index (χ2v) is 7.86. The van der Waals surface area contributed by atoms with Crippen LogP contribution in [0, 0.1) is 17.6 Å². The molecule has 1 aliphatic heterocycles. The number of carbonyl (C=O) groups is 1. The highest BCUT2D eigenvalue weighted by Gasteiger charge is 2.20. The van der Waals surface area contributed by atoms with Crippen LogP contribution in [0.3, 0.4) is 0 Å². The normalized spacial score (nSPS) is 15.9. The number of amides is 1. The second kappa shape index (κ2) is 9.24. The fraction of sp³-hybridized carbons (Fsp3) is 0.450. The van der Waals surface area contributed by atoms with Crippen molar-refractivity contribution in [2.45, 2.75) is 25.7 Å². The highest BCUT2D eigenvalue weighted by Crippen LogP contribution is 2.23. The van der Waals surface area contributed by atoms with Crippen LogP contribution in [-0.2, 0) is 17.6 Å². The Morgan fingerprint density at radius 1 is 1.23 bits per heavy atom. The molecule has 0 saturated carbocycles. The molecule has 1 aromatic heterocycles. The molecule has 1 amide bonds. The highest BCUT2D eigenvalue weighted by molar-refractivity contribution is 7.10. The molecule has 0 unspecified atom stereocenters. The number of benzene rings is 1. The van der Waals surface area contributed by atoms with Gasteiger partial charge in [-0.1, -0.05) is 6.07 Å². The average Bonchev–Trinajstić information content (AvgIpc) is 3.12. The number of hydrogen-bond donors (Lipinski definition) is 1. The smallest absolute Gasteiger partial charge is 0.225 e. The van der Waals surface area contributed by atoms with Gasteiger partial charge in [0.1, 0.15) is 11.6 Å². The van der Waals surface area contributed by atoms with E-state index in [-0.39, 0.29) is 17.5 Å². The zero-order chi connectivity index (χ0) is 18.4. The molecule has 1 aromatic carbocycles. The molecule has 2 aromatic rings. The Morgan fingerprint density at radius 3 is 2.77 bits per heavy atom. The number of halogens is 2. The molecular weight excluding hydrogens is 354 g/mol. The van der Waals surface area contributed by atoms with Crippen molar-refractivity contribution in [3.05, 3.63) is 57.8 Å². The zero-order valence-corrected chi connectivity index (χ0v) is 15.5. The van der Waals surface area contributed by atoms with Gasteiger partial charge in [-0.25, -0.2) is 8.78 Å². The van der Waals surface area contributed by atoms with Gasteiger partial charge < -0.3 is 10.2 Å². The fourth-order valence-electron chi connectivity index (χ4n) is 3.41. The van der Waals surface area contributed by atoms with Gasteiger partial charge in [-0.05, 0) is 73.5 Å². The van der Waals surface area contributed by atoms with Crippen LogP contribution in [-0.4, -0.2) is 37.0 Å². The van der Waals surface area contributed by atoms with Crippen molar-refractivity contribution in [3.8, 4) is 0 Å². The van der Waals surface area contributed by atoms with Crippen molar-refractivity contribution in [1.29, 1.82) is 0 Å². The molecule has 1 aliphatic rings. The first-order chi connectivity index (χ1) is 12.6. The van der Waals surface area contributed by atoms with Gasteiger partial charge in [0.2, 0.25) is 5.91 Å². The summed E-state index contributed by atoms with van der Waals surface area (Å²) in [4.78, 5) is 15.3. The van der Waals surface area contributed by atoms with E-state index >= 15 is 0 Å². The van der Waals surface area contributed by atoms with Crippen molar-refractivity contribution in [1.82, 2.24) is 10.2 Å². The molecule has 1 saturated heterocycles. The Labute approximate surface area is 157 Å². The number of nitrogens with zero attached hydrogens (tertiary/aromatic N) is 1. The highest BCUT2D eigenvalue weighted by atomic mass is 32.1. The summed E-state index contributed by atoms with van der Waals surface area (Å²) in [6.45, 7) is 3.34. The Bertz CT molecular complexity index is 713. The first-order valence-corrected chi connectivity index (χ1v) is 9.93. The third-order valence-electron chi connectivity index (χ3n) is 4.89. The summed E-state index contributed by atoms with van der Waals surface area (Å²) in [6.07, 6.45) is 2.98. The summed E-state index contributed by atoms with van der Waals surface area (Å²) in [6, 6.07) is 7.60. The number of piperidine rings is 1. The van der Waals surface area contributed by atoms with Gasteiger partial charge in [-0.3, -0.25) is 4.79 Å². The van der Waals surface area contributed by atoms with Crippen LogP contribution in [0.5, 0.6) is 0 Å². The van der Waals surface area contributed by atoms with Crippen molar-refractivity contribution in [2.24, 2.45) is 5.92 Å². The van der Waals surface area contributed by atoms with E-state index in [0.29, 0.717) is 30.9 Å². The lowest BCUT2D eigenvalue weighted by molar-refractivity contribution is -0.120. The largest absolute Gasteiger partial charge is 0.355 e. The van der Waals surface area contributed by atoms with E-state index in [9.17, 15) is 13.6 Å². The minimum atomic E-state index is -0.378. The lowest BCUT2D eigenvalue weighted by atomic mass is 9.90. The van der Waals surface area contributed by atoms with Gasteiger partial charge in [0.05, 0.1) is 6.42 Å². The van der Waals surface area contributed by atoms with E-state index < -0.39 is 0 Å². The number of likely N-dealkylation sites (tertiary alicyclic amines) is 1. The Kier molecular flexibility index (Phi) is 6.74. The molecule has 26 heavy (non-hydrogen) atoms. The van der Waals surface area contributed by atoms with E-state index in [2.05, 4.69) is 10.2 Å². The maximum Gasteiger partial charge on any atom is 0.225 e. The van der Waals surface area contributed by atoms with E-state index in [1.165, 1.54) is 12.1 Å². The number of rotatable bonds is 7. The van der Waals surface area contributed by atoms with Crippen LogP contribution >= 0.6 is 11.3 Å². The Morgan fingerprint density at radius 2 is 2.04 bits per heavy atom. The van der Waals surface area contributed by atoms with Gasteiger partial charge in [0, 0.05) is 18.0 Å². The van der Waals surface area contributed by atoms with Gasteiger partial charge in [0.15, 0.2) is 0 Å². The van der Waals surface area contributed by atoms with E-state index in [4.69, 9.17) is 0 Å². The third kappa shape index (κ3) is 5.61. The minimum absolute atomic E-state index is 0.0592. The topological polar surface area (TPSA) is 32.3 Å². The van der Waals surface area contributed by atoms with E-state index in [0.717, 1.165) is 43.4 Å². The van der Waals surface area contributed by atoms with Crippen LogP contribution in [0.25, 0.3) is 0 Å². The molecule has 3 rings (SSSR count). The quantitative estimate of drug-likeness (QED) is 0.798. The van der Waals surface area contributed by atoms with E-state index in [1.54, 1.807) is 11.3 Å². The molecule has 3 nitrogen and oxygen atoms in total. The minimum Gasteiger partial charge on any atom is -0.355 e. The van der Waals surface area contributed by atoms with Crippen molar-refractivity contribution in [2.75, 3.05) is 26.2 Å². The van der Waals surface area contributed by atoms with Crippen LogP contribution in [0.2, 0.25) is 0 Å². The molecule has 0 bridgehead atoms. The summed E-state index contributed by atoms with van der Waals surface area (Å²) in [5.41, 5.74) is 0.476. The standard InChI is InChI=1S/C20H24F2N2OS/c21-17-3-4-19(22)16(13-17)12-15-5-8-24(9-6-15)10-7-23-20(25)14-18-2-1-11-26-18/h1-4,11,13,15H,5-10,12,14H2,(H,23,25). The predicted molar refractivity (Wildman–Crippen MR) is 100 cm³/mol. The predicted octanol–water partition coefficient (Wildman–Crippen LogP) is 3.64. The van der Waals surface area contributed by atoms with Crippen molar-refractivity contribution >= 4 is 17.2 Å². The van der Waals surface area contributed by atoms with Crippen LogP contribution in [0.15, 0.2) is 35.7 Å². The second-order valence-electron chi connectivity index (χ2n) is 6.83. The number of nitrogens with one attached hydrogen (secondary N) is 1. The molecule has 6 heteroatoms. The van der Waals surface area contributed by atoms with Gasteiger partial charge >= 0.3 is 0 Å². The molecule has 0 aliphatic carbocycles. The molecule has 140 valence electrons. The van der Waals surface area contributed by atoms with Crippen molar-refractivity contribution < 1.29 is 13.6 Å². The fourth-order valence-corrected chi connectivity index (χ4v) is 4.12. The molecule has 1 fully saturated rings. The van der Waals surface area contributed by atoms with Crippen molar-refractivity contribution in [3.63, 3.8) is 0 Å². The average molecular weight is 378 g/mol. The summed E-state index contributed by atoms with van der Waals surface area (Å²) in [7, 11) is 0. The number of carbonyl (C=O) groups excluding carboxylic acids is 1. The molecular formula is C20H24F2N2OS. The summed E-state index contributed by atoms with van der Waals surface area (Å²) in [5.74, 6) is -0.251. The zero-order valence-electron chi connectivity index (χ0n) is 14.7. The lowest BCUT2D eigenvalue weighted by Gasteiger charge is -2.32. The molecule has 0 radical (unpaired) electrons. The lowest BCUT2D eigenvalue weighted by Crippen LogP contribution is -2.40. The molecule has 0 spiro atoms. The first kappa shape index (κ1) is 19.0. The maximum atomic E-state index is 13.8. The van der Waals surface area contributed by atoms with Crippen LogP contribution < -0.4 is 5.32 Å². The molecule has 2 heterocycles. The monoisotopic (exact) mass is 378 g/mol. The van der Waals surface area contributed by atoms with Crippen LogP contribution in [0.1, 0.15) is 23.3 Å². The molecule has 1 N–H and O–H groups in total. The van der Waals surface area contributed by atoms with E-state index in [1.807, 2.05) is 17.5 Å². The number of hydrogen-bond acceptors (Lipinski definition) is 3. The summed E-state index contributed by atoms with van der Waals surface area (Å²) in [5, 5.41) is 4.94. The SMILES string of the molecule is O=C(Cc1cccs1)NCCN1CCC(Cc2cc(F)ccc2F)CC1. The maximum absolute atomic E-state index is 13.8. The Balaban J connectivity index is 1.35. The van der Waals surface area contributed by atoms with Gasteiger partial charge in [-0.2, -0.15) is 0 Å².